The molecule has 5 heteroatoms. The summed E-state index contributed by atoms with van der Waals surface area (Å²) in [5.41, 5.74) is -0.809. The van der Waals surface area contributed by atoms with E-state index in [2.05, 4.69) is 6.58 Å². The molecule has 5 nitrogen and oxygen atoms in total. The number of carbonyl (C=O) groups is 1. The van der Waals surface area contributed by atoms with Crippen LogP contribution in [0.15, 0.2) is 23.8 Å². The molecular formula is C20H32O5. The van der Waals surface area contributed by atoms with E-state index in [1.807, 2.05) is 13.0 Å². The highest BCUT2D eigenvalue weighted by Gasteiger charge is 2.42. The molecule has 1 saturated heterocycles. The lowest BCUT2D eigenvalue weighted by molar-refractivity contribution is -0.169. The van der Waals surface area contributed by atoms with Crippen molar-refractivity contribution >= 4 is 5.97 Å². The summed E-state index contributed by atoms with van der Waals surface area (Å²) in [5.74, 6) is -0.628. The second-order valence-electron chi connectivity index (χ2n) is 8.25. The number of carbonyl (C=O) groups excluding carboxylic acids is 1. The molecule has 0 saturated carbocycles. The number of aliphatic hydroxyl groups is 3. The van der Waals surface area contributed by atoms with E-state index in [0.717, 1.165) is 5.57 Å². The fourth-order valence-electron chi connectivity index (χ4n) is 3.68. The molecule has 2 aliphatic rings. The SMILES string of the molecule is C=C1C(=O)O[C@H]2C[C@@H]1CC[C@](C)(O)[C@H](O)CC/C(C)=C\CC[C@@]2(C)O. The first-order chi connectivity index (χ1) is 11.5. The van der Waals surface area contributed by atoms with Crippen molar-refractivity contribution in [3.05, 3.63) is 23.8 Å². The van der Waals surface area contributed by atoms with Gasteiger partial charge in [0.05, 0.1) is 17.3 Å². The van der Waals surface area contributed by atoms with Crippen LogP contribution in [0.4, 0.5) is 0 Å². The quantitative estimate of drug-likeness (QED) is 0.354. The van der Waals surface area contributed by atoms with Crippen LogP contribution in [-0.2, 0) is 9.53 Å². The van der Waals surface area contributed by atoms with Crippen molar-refractivity contribution in [1.82, 2.24) is 0 Å². The minimum absolute atomic E-state index is 0.156. The maximum absolute atomic E-state index is 12.2. The molecule has 0 spiro atoms. The van der Waals surface area contributed by atoms with Crippen molar-refractivity contribution in [2.24, 2.45) is 5.92 Å². The number of rotatable bonds is 0. The van der Waals surface area contributed by atoms with E-state index in [4.69, 9.17) is 4.74 Å². The molecule has 1 heterocycles. The smallest absolute Gasteiger partial charge is 0.334 e. The van der Waals surface area contributed by atoms with Crippen molar-refractivity contribution in [1.29, 1.82) is 0 Å². The number of hydrogen-bond donors (Lipinski definition) is 3. The van der Waals surface area contributed by atoms with Gasteiger partial charge in [0, 0.05) is 5.57 Å². The van der Waals surface area contributed by atoms with Gasteiger partial charge in [-0.05, 0) is 71.6 Å². The van der Waals surface area contributed by atoms with Crippen LogP contribution >= 0.6 is 0 Å². The van der Waals surface area contributed by atoms with Crippen LogP contribution in [0, 0.1) is 5.92 Å². The Kier molecular flexibility index (Phi) is 6.13. The Morgan fingerprint density at radius 3 is 2.56 bits per heavy atom. The minimum Gasteiger partial charge on any atom is -0.456 e. The monoisotopic (exact) mass is 352 g/mol. The van der Waals surface area contributed by atoms with Gasteiger partial charge in [-0.25, -0.2) is 4.79 Å². The van der Waals surface area contributed by atoms with Crippen molar-refractivity contribution in [2.45, 2.75) is 89.1 Å². The summed E-state index contributed by atoms with van der Waals surface area (Å²) in [4.78, 5) is 12.2. The molecule has 1 aliphatic heterocycles. The third kappa shape index (κ3) is 4.93. The Balaban J connectivity index is 2.26. The van der Waals surface area contributed by atoms with Gasteiger partial charge in [-0.3, -0.25) is 0 Å². The number of esters is 1. The van der Waals surface area contributed by atoms with Crippen LogP contribution in [0.5, 0.6) is 0 Å². The summed E-state index contributed by atoms with van der Waals surface area (Å²) in [6.45, 7) is 9.17. The molecule has 2 rings (SSSR count). The van der Waals surface area contributed by atoms with Crippen LogP contribution in [-0.4, -0.2) is 44.7 Å². The summed E-state index contributed by atoms with van der Waals surface area (Å²) in [6.07, 6.45) is 4.39. The molecule has 1 fully saturated rings. The number of allylic oxidation sites excluding steroid dienone is 2. The number of hydrogen-bond acceptors (Lipinski definition) is 5. The van der Waals surface area contributed by atoms with E-state index in [0.29, 0.717) is 50.5 Å². The molecule has 142 valence electrons. The highest BCUT2D eigenvalue weighted by Crippen LogP contribution is 2.37. The lowest BCUT2D eigenvalue weighted by atomic mass is 9.77. The van der Waals surface area contributed by atoms with Crippen LogP contribution < -0.4 is 0 Å². The fraction of sp³-hybridized carbons (Fsp3) is 0.750. The molecule has 5 atom stereocenters. The molecule has 2 bridgehead atoms. The Labute approximate surface area is 150 Å². The van der Waals surface area contributed by atoms with Crippen molar-refractivity contribution in [2.75, 3.05) is 0 Å². The third-order valence-corrected chi connectivity index (χ3v) is 5.87. The number of aliphatic hydroxyl groups excluding tert-OH is 1. The fourth-order valence-corrected chi connectivity index (χ4v) is 3.68. The largest absolute Gasteiger partial charge is 0.456 e. The van der Waals surface area contributed by atoms with Gasteiger partial charge < -0.3 is 20.1 Å². The first-order valence-electron chi connectivity index (χ1n) is 9.21. The first kappa shape index (κ1) is 20.1. The second-order valence-corrected chi connectivity index (χ2v) is 8.25. The van der Waals surface area contributed by atoms with Crippen LogP contribution in [0.3, 0.4) is 0 Å². The zero-order chi connectivity index (χ0) is 18.8. The average molecular weight is 352 g/mol. The van der Waals surface area contributed by atoms with Crippen molar-refractivity contribution in [3.8, 4) is 0 Å². The van der Waals surface area contributed by atoms with Gasteiger partial charge in [0.1, 0.15) is 6.10 Å². The average Bonchev–Trinajstić information content (AvgIpc) is 2.52. The van der Waals surface area contributed by atoms with Crippen molar-refractivity contribution < 1.29 is 24.9 Å². The Morgan fingerprint density at radius 2 is 1.88 bits per heavy atom. The Hall–Kier alpha value is -1.17. The van der Waals surface area contributed by atoms with E-state index in [1.54, 1.807) is 13.8 Å². The van der Waals surface area contributed by atoms with Crippen LogP contribution in [0.2, 0.25) is 0 Å². The van der Waals surface area contributed by atoms with E-state index in [-0.39, 0.29) is 5.92 Å². The van der Waals surface area contributed by atoms with E-state index in [1.165, 1.54) is 0 Å². The van der Waals surface area contributed by atoms with Gasteiger partial charge >= 0.3 is 5.97 Å². The van der Waals surface area contributed by atoms with E-state index < -0.39 is 29.4 Å². The summed E-state index contributed by atoms with van der Waals surface area (Å²) in [7, 11) is 0. The van der Waals surface area contributed by atoms with Crippen LogP contribution in [0.25, 0.3) is 0 Å². The second kappa shape index (κ2) is 7.60. The topological polar surface area (TPSA) is 87.0 Å². The zero-order valence-electron chi connectivity index (χ0n) is 15.6. The molecule has 3 N–H and O–H groups in total. The zero-order valence-corrected chi connectivity index (χ0v) is 15.6. The Morgan fingerprint density at radius 1 is 1.20 bits per heavy atom. The standard InChI is InChI=1S/C20H32O5/c1-13-6-5-10-20(4,24)17-12-15(14(2)18(22)25-17)9-11-19(3,23)16(21)8-7-13/h6,15-17,21,23-24H,2,5,7-12H2,1,3-4H3/b13-6-/t15-,16+,17-,19-,20+/m0/s1. The molecular weight excluding hydrogens is 320 g/mol. The maximum atomic E-state index is 12.2. The number of ether oxygens (including phenoxy) is 1. The first-order valence-corrected chi connectivity index (χ1v) is 9.21. The van der Waals surface area contributed by atoms with Gasteiger partial charge in [-0.15, -0.1) is 0 Å². The lowest BCUT2D eigenvalue weighted by Gasteiger charge is -2.40. The third-order valence-electron chi connectivity index (χ3n) is 5.87. The summed E-state index contributed by atoms with van der Waals surface area (Å²) in [6, 6.07) is 0. The minimum atomic E-state index is -1.22. The van der Waals surface area contributed by atoms with E-state index in [9.17, 15) is 20.1 Å². The molecule has 0 unspecified atom stereocenters. The van der Waals surface area contributed by atoms with Crippen LogP contribution in [0.1, 0.15) is 65.7 Å². The summed E-state index contributed by atoms with van der Waals surface area (Å²) in [5, 5.41) is 31.8. The van der Waals surface area contributed by atoms with Crippen molar-refractivity contribution in [3.63, 3.8) is 0 Å². The van der Waals surface area contributed by atoms with Gasteiger partial charge in [-0.2, -0.15) is 0 Å². The van der Waals surface area contributed by atoms with Gasteiger partial charge in [0.25, 0.3) is 0 Å². The predicted molar refractivity (Wildman–Crippen MR) is 95.8 cm³/mol. The molecule has 25 heavy (non-hydrogen) atoms. The van der Waals surface area contributed by atoms with Gasteiger partial charge in [0.2, 0.25) is 0 Å². The van der Waals surface area contributed by atoms with Gasteiger partial charge in [-0.1, -0.05) is 18.2 Å². The summed E-state index contributed by atoms with van der Waals surface area (Å²) < 4.78 is 5.42. The molecule has 1 aliphatic carbocycles. The number of fused-ring (bicyclic) bond motifs is 2. The Bertz CT molecular complexity index is 546. The molecule has 0 aromatic heterocycles. The molecule has 0 aromatic rings. The maximum Gasteiger partial charge on any atom is 0.334 e. The lowest BCUT2D eigenvalue weighted by Crippen LogP contribution is -2.47. The highest BCUT2D eigenvalue weighted by molar-refractivity contribution is 5.89. The predicted octanol–water partition coefficient (Wildman–Crippen LogP) is 2.64. The summed E-state index contributed by atoms with van der Waals surface area (Å²) >= 11 is 0. The molecule has 0 radical (unpaired) electrons. The normalized spacial score (nSPS) is 43.6. The van der Waals surface area contributed by atoms with E-state index >= 15 is 0 Å². The molecule has 0 aromatic carbocycles. The highest BCUT2D eigenvalue weighted by atomic mass is 16.6. The van der Waals surface area contributed by atoms with Gasteiger partial charge in [0.15, 0.2) is 0 Å². The molecule has 0 amide bonds.